The molecule has 3 heteroatoms. The fraction of sp³-hybridized carbons (Fsp3) is 0.150. The summed E-state index contributed by atoms with van der Waals surface area (Å²) in [7, 11) is 0. The lowest BCUT2D eigenvalue weighted by atomic mass is 9.87. The molecule has 1 aliphatic carbocycles. The number of rotatable bonds is 2. The van der Waals surface area contributed by atoms with Crippen LogP contribution in [-0.4, -0.2) is 9.97 Å². The van der Waals surface area contributed by atoms with Crippen LogP contribution in [0.3, 0.4) is 0 Å². The number of aromatic amines is 1. The summed E-state index contributed by atoms with van der Waals surface area (Å²) in [5.41, 5.74) is 9.57. The zero-order valence-electron chi connectivity index (χ0n) is 13.0. The van der Waals surface area contributed by atoms with Gasteiger partial charge < -0.3 is 4.98 Å². The van der Waals surface area contributed by atoms with Crippen molar-refractivity contribution in [1.82, 2.24) is 9.97 Å². The predicted octanol–water partition coefficient (Wildman–Crippen LogP) is 5.53. The van der Waals surface area contributed by atoms with Crippen LogP contribution in [-0.2, 0) is 12.8 Å². The van der Waals surface area contributed by atoms with Gasteiger partial charge in [-0.2, -0.15) is 0 Å². The van der Waals surface area contributed by atoms with E-state index in [1.54, 1.807) is 6.20 Å². The lowest BCUT2D eigenvalue weighted by Gasteiger charge is -2.17. The molecule has 2 nitrogen and oxygen atoms in total. The molecule has 0 atom stereocenters. The van der Waals surface area contributed by atoms with Crippen molar-refractivity contribution in [3.63, 3.8) is 0 Å². The van der Waals surface area contributed by atoms with E-state index in [0.717, 1.165) is 29.7 Å². The monoisotopic (exact) mass is 320 g/mol. The molecule has 0 saturated carbocycles. The molecular formula is C20H17ClN2. The number of aryl methyl sites for hydroxylation is 1. The molecule has 0 saturated heterocycles. The van der Waals surface area contributed by atoms with Gasteiger partial charge in [0, 0.05) is 34.8 Å². The Morgan fingerprint density at radius 3 is 2.83 bits per heavy atom. The number of fused-ring (bicyclic) bond motifs is 3. The smallest absolute Gasteiger partial charge is 0.0595 e. The van der Waals surface area contributed by atoms with Gasteiger partial charge in [0.25, 0.3) is 0 Å². The first-order valence-corrected chi connectivity index (χ1v) is 8.13. The van der Waals surface area contributed by atoms with Crippen LogP contribution in [0.4, 0.5) is 0 Å². The third-order valence-corrected chi connectivity index (χ3v) is 4.66. The van der Waals surface area contributed by atoms with Gasteiger partial charge in [-0.05, 0) is 42.5 Å². The van der Waals surface area contributed by atoms with Crippen molar-refractivity contribution in [2.45, 2.75) is 19.8 Å². The van der Waals surface area contributed by atoms with E-state index in [-0.39, 0.29) is 0 Å². The van der Waals surface area contributed by atoms with Gasteiger partial charge in [0.2, 0.25) is 0 Å². The van der Waals surface area contributed by atoms with Crippen LogP contribution in [0.1, 0.15) is 23.7 Å². The Morgan fingerprint density at radius 2 is 2.04 bits per heavy atom. The molecule has 1 aromatic carbocycles. The summed E-state index contributed by atoms with van der Waals surface area (Å²) < 4.78 is 0. The number of allylic oxidation sites excluding steroid dienone is 1. The molecular weight excluding hydrogens is 304 g/mol. The minimum Gasteiger partial charge on any atom is -0.354 e. The number of H-pyrrole nitrogens is 1. The normalized spacial score (nSPS) is 12.6. The van der Waals surface area contributed by atoms with Crippen LogP contribution in [0.5, 0.6) is 0 Å². The number of pyridine rings is 1. The largest absolute Gasteiger partial charge is 0.354 e. The van der Waals surface area contributed by atoms with Gasteiger partial charge in [0.1, 0.15) is 0 Å². The molecule has 0 aliphatic heterocycles. The van der Waals surface area contributed by atoms with Gasteiger partial charge in [-0.1, -0.05) is 42.4 Å². The van der Waals surface area contributed by atoms with Gasteiger partial charge in [-0.3, -0.25) is 4.98 Å². The summed E-state index contributed by atoms with van der Waals surface area (Å²) in [6, 6.07) is 10.6. The second-order valence-electron chi connectivity index (χ2n) is 6.06. The highest BCUT2D eigenvalue weighted by Crippen LogP contribution is 2.42. The van der Waals surface area contributed by atoms with Crippen LogP contribution in [0.25, 0.3) is 28.0 Å². The van der Waals surface area contributed by atoms with Gasteiger partial charge in [-0.15, -0.1) is 0 Å². The first-order chi connectivity index (χ1) is 11.1. The zero-order chi connectivity index (χ0) is 16.0. The third-order valence-electron chi connectivity index (χ3n) is 4.45. The first-order valence-electron chi connectivity index (χ1n) is 7.75. The summed E-state index contributed by atoms with van der Waals surface area (Å²) in [6.07, 6.45) is 5.61. The molecule has 0 spiro atoms. The van der Waals surface area contributed by atoms with E-state index in [9.17, 15) is 0 Å². The van der Waals surface area contributed by atoms with E-state index in [0.29, 0.717) is 5.02 Å². The van der Waals surface area contributed by atoms with E-state index in [1.165, 1.54) is 27.9 Å². The molecule has 0 unspecified atom stereocenters. The van der Waals surface area contributed by atoms with Crippen LogP contribution in [0, 0.1) is 0 Å². The molecule has 0 radical (unpaired) electrons. The Morgan fingerprint density at radius 1 is 1.22 bits per heavy atom. The maximum Gasteiger partial charge on any atom is 0.0595 e. The van der Waals surface area contributed by atoms with Crippen molar-refractivity contribution in [2.24, 2.45) is 0 Å². The van der Waals surface area contributed by atoms with E-state index in [4.69, 9.17) is 11.6 Å². The fourth-order valence-electron chi connectivity index (χ4n) is 3.45. The Bertz CT molecular complexity index is 921. The average molecular weight is 321 g/mol. The first kappa shape index (κ1) is 14.3. The summed E-state index contributed by atoms with van der Waals surface area (Å²) in [5, 5.41) is 0.654. The zero-order valence-corrected chi connectivity index (χ0v) is 13.7. The van der Waals surface area contributed by atoms with Crippen molar-refractivity contribution in [3.8, 4) is 22.4 Å². The molecule has 3 aromatic rings. The number of benzene rings is 1. The van der Waals surface area contributed by atoms with Gasteiger partial charge in [0.15, 0.2) is 0 Å². The van der Waals surface area contributed by atoms with Crippen molar-refractivity contribution < 1.29 is 0 Å². The van der Waals surface area contributed by atoms with Gasteiger partial charge in [0.05, 0.1) is 10.7 Å². The Labute approximate surface area is 140 Å². The molecule has 2 heterocycles. The molecule has 0 bridgehead atoms. The van der Waals surface area contributed by atoms with E-state index >= 15 is 0 Å². The quantitative estimate of drug-likeness (QED) is 0.661. The highest BCUT2D eigenvalue weighted by Gasteiger charge is 2.25. The summed E-state index contributed by atoms with van der Waals surface area (Å²) in [5.74, 6) is 0. The van der Waals surface area contributed by atoms with Gasteiger partial charge in [-0.25, -0.2) is 0 Å². The average Bonchev–Trinajstić information content (AvgIpc) is 2.95. The molecule has 1 aliphatic rings. The minimum absolute atomic E-state index is 0.654. The Hall–Kier alpha value is -2.32. The number of hydrogen-bond donors (Lipinski definition) is 1. The Balaban J connectivity index is 2.01. The molecule has 23 heavy (non-hydrogen) atoms. The highest BCUT2D eigenvalue weighted by atomic mass is 35.5. The number of aromatic nitrogens is 2. The summed E-state index contributed by atoms with van der Waals surface area (Å²) in [6.45, 7) is 6.18. The second-order valence-corrected chi connectivity index (χ2v) is 6.49. The van der Waals surface area contributed by atoms with Crippen molar-refractivity contribution >= 4 is 17.2 Å². The second kappa shape index (κ2) is 5.39. The SMILES string of the molecule is C=C(C)c1[nH]c2c(c1-c1cncc(Cl)c1)CCc1ccccc1-2. The topological polar surface area (TPSA) is 28.7 Å². The predicted molar refractivity (Wildman–Crippen MR) is 96.6 cm³/mol. The molecule has 1 N–H and O–H groups in total. The lowest BCUT2D eigenvalue weighted by molar-refractivity contribution is 0.943. The van der Waals surface area contributed by atoms with Crippen molar-refractivity contribution in [2.75, 3.05) is 0 Å². The molecule has 0 fully saturated rings. The van der Waals surface area contributed by atoms with Crippen LogP contribution in [0.2, 0.25) is 5.02 Å². The minimum atomic E-state index is 0.654. The molecule has 114 valence electrons. The highest BCUT2D eigenvalue weighted by molar-refractivity contribution is 6.30. The van der Waals surface area contributed by atoms with E-state index in [2.05, 4.69) is 40.8 Å². The third kappa shape index (κ3) is 2.30. The van der Waals surface area contributed by atoms with E-state index in [1.807, 2.05) is 19.2 Å². The van der Waals surface area contributed by atoms with Gasteiger partial charge >= 0.3 is 0 Å². The summed E-state index contributed by atoms with van der Waals surface area (Å²) >= 11 is 6.16. The van der Waals surface area contributed by atoms with Crippen molar-refractivity contribution in [1.29, 1.82) is 0 Å². The summed E-state index contributed by atoms with van der Waals surface area (Å²) in [4.78, 5) is 7.86. The maximum absolute atomic E-state index is 6.16. The number of nitrogens with zero attached hydrogens (tertiary/aromatic N) is 1. The fourth-order valence-corrected chi connectivity index (χ4v) is 3.62. The van der Waals surface area contributed by atoms with E-state index < -0.39 is 0 Å². The number of nitrogens with one attached hydrogen (secondary N) is 1. The van der Waals surface area contributed by atoms with Crippen LogP contribution < -0.4 is 0 Å². The Kier molecular flexibility index (Phi) is 3.35. The molecule has 2 aromatic heterocycles. The van der Waals surface area contributed by atoms with Crippen LogP contribution >= 0.6 is 11.6 Å². The maximum atomic E-state index is 6.16. The number of hydrogen-bond acceptors (Lipinski definition) is 1. The van der Waals surface area contributed by atoms with Crippen molar-refractivity contribution in [3.05, 3.63) is 71.1 Å². The lowest BCUT2D eigenvalue weighted by Crippen LogP contribution is -2.03. The molecule has 0 amide bonds. The number of halogens is 1. The standard InChI is InChI=1S/C20H17ClN2/c1-12(2)19-18(14-9-15(21)11-22-10-14)17-8-7-13-5-3-4-6-16(13)20(17)23-19/h3-6,9-11,23H,1,7-8H2,2H3. The molecule has 4 rings (SSSR count). The van der Waals surface area contributed by atoms with Crippen LogP contribution in [0.15, 0.2) is 49.3 Å².